The summed E-state index contributed by atoms with van der Waals surface area (Å²) in [6, 6.07) is 5.39. The lowest BCUT2D eigenvalue weighted by atomic mass is 9.91. The second kappa shape index (κ2) is 9.48. The van der Waals surface area contributed by atoms with Crippen molar-refractivity contribution in [1.29, 1.82) is 0 Å². The van der Waals surface area contributed by atoms with Crippen LogP contribution in [0.2, 0.25) is 0 Å². The first kappa shape index (κ1) is 19.3. The molecule has 0 aromatic heterocycles. The maximum absolute atomic E-state index is 12.4. The van der Waals surface area contributed by atoms with Crippen LogP contribution in [-0.2, 0) is 9.53 Å². The number of benzene rings is 1. The molecule has 2 rings (SSSR count). The summed E-state index contributed by atoms with van der Waals surface area (Å²) in [5.74, 6) is 1.99. The van der Waals surface area contributed by atoms with E-state index in [0.717, 1.165) is 13.1 Å². The summed E-state index contributed by atoms with van der Waals surface area (Å²) in [4.78, 5) is 12.4. The van der Waals surface area contributed by atoms with Crippen molar-refractivity contribution in [3.8, 4) is 17.2 Å². The van der Waals surface area contributed by atoms with Gasteiger partial charge in [-0.25, -0.2) is 0 Å². The van der Waals surface area contributed by atoms with Gasteiger partial charge in [0.05, 0.1) is 20.8 Å². The number of hydrogen-bond donors (Lipinski definition) is 2. The van der Waals surface area contributed by atoms with Gasteiger partial charge in [-0.3, -0.25) is 4.79 Å². The molecule has 0 saturated carbocycles. The molecule has 0 spiro atoms. The zero-order valence-corrected chi connectivity index (χ0v) is 15.2. The summed E-state index contributed by atoms with van der Waals surface area (Å²) in [6.45, 7) is 2.61. The molecular weight excluding hydrogens is 324 g/mol. The summed E-state index contributed by atoms with van der Waals surface area (Å²) in [5.41, 5.74) is -0.702. The number of ether oxygens (including phenoxy) is 4. The maximum Gasteiger partial charge on any atom is 0.252 e. The first-order valence-electron chi connectivity index (χ1n) is 8.53. The van der Waals surface area contributed by atoms with E-state index in [1.54, 1.807) is 39.5 Å². The Morgan fingerprint density at radius 1 is 1.08 bits per heavy atom. The van der Waals surface area contributed by atoms with Crippen molar-refractivity contribution in [3.05, 3.63) is 18.2 Å². The van der Waals surface area contributed by atoms with E-state index < -0.39 is 5.60 Å². The van der Waals surface area contributed by atoms with Crippen LogP contribution in [0.1, 0.15) is 19.3 Å². The smallest absolute Gasteiger partial charge is 0.252 e. The maximum atomic E-state index is 12.4. The Kier molecular flexibility index (Phi) is 7.33. The third-order valence-corrected chi connectivity index (χ3v) is 4.42. The van der Waals surface area contributed by atoms with Gasteiger partial charge in [-0.2, -0.15) is 0 Å². The van der Waals surface area contributed by atoms with Gasteiger partial charge in [0.15, 0.2) is 0 Å². The molecule has 7 heteroatoms. The van der Waals surface area contributed by atoms with E-state index in [0.29, 0.717) is 49.7 Å². The number of methoxy groups -OCH3 is 3. The molecule has 0 unspecified atom stereocenters. The molecule has 25 heavy (non-hydrogen) atoms. The Balaban J connectivity index is 1.75. The van der Waals surface area contributed by atoms with Gasteiger partial charge >= 0.3 is 0 Å². The van der Waals surface area contributed by atoms with Crippen molar-refractivity contribution in [1.82, 2.24) is 10.6 Å². The molecule has 1 aliphatic rings. The number of piperidine rings is 1. The molecule has 7 nitrogen and oxygen atoms in total. The van der Waals surface area contributed by atoms with Crippen LogP contribution in [0.25, 0.3) is 0 Å². The van der Waals surface area contributed by atoms with Crippen LogP contribution in [-0.4, -0.2) is 59.1 Å². The second-order valence-corrected chi connectivity index (χ2v) is 5.95. The molecule has 0 radical (unpaired) electrons. The lowest BCUT2D eigenvalue weighted by molar-refractivity contribution is -0.146. The molecular formula is C18H28N2O5. The molecule has 1 saturated heterocycles. The molecule has 1 aliphatic heterocycles. The summed E-state index contributed by atoms with van der Waals surface area (Å²) >= 11 is 0. The van der Waals surface area contributed by atoms with E-state index >= 15 is 0 Å². The van der Waals surface area contributed by atoms with E-state index in [1.165, 1.54) is 0 Å². The Bertz CT molecular complexity index is 536. The molecule has 1 aromatic rings. The highest BCUT2D eigenvalue weighted by Gasteiger charge is 2.39. The highest BCUT2D eigenvalue weighted by atomic mass is 16.5. The normalized spacial score (nSPS) is 16.1. The number of carbonyl (C=O) groups excluding carboxylic acids is 1. The fraction of sp³-hybridized carbons (Fsp3) is 0.611. The van der Waals surface area contributed by atoms with Gasteiger partial charge in [0.2, 0.25) is 0 Å². The molecule has 1 amide bonds. The lowest BCUT2D eigenvalue weighted by Gasteiger charge is -2.34. The monoisotopic (exact) mass is 352 g/mol. The number of nitrogens with one attached hydrogen (secondary N) is 2. The van der Waals surface area contributed by atoms with Crippen LogP contribution in [0, 0.1) is 0 Å². The molecule has 2 N–H and O–H groups in total. The van der Waals surface area contributed by atoms with Crippen LogP contribution in [0.4, 0.5) is 0 Å². The van der Waals surface area contributed by atoms with Crippen molar-refractivity contribution < 1.29 is 23.7 Å². The topological polar surface area (TPSA) is 78.0 Å². The molecule has 1 aromatic carbocycles. The fourth-order valence-corrected chi connectivity index (χ4v) is 2.84. The number of amides is 1. The van der Waals surface area contributed by atoms with Crippen molar-refractivity contribution in [2.24, 2.45) is 0 Å². The third-order valence-electron chi connectivity index (χ3n) is 4.42. The van der Waals surface area contributed by atoms with Gasteiger partial charge in [0.1, 0.15) is 22.8 Å². The standard InChI is InChI=1S/C18H28N2O5/c1-22-14-11-15(23-2)13-16(12-14)25-10-4-7-20-17(21)18(24-3)5-8-19-9-6-18/h11-13,19H,4-10H2,1-3H3,(H,20,21). The van der Waals surface area contributed by atoms with Crippen molar-refractivity contribution in [3.63, 3.8) is 0 Å². The molecule has 1 heterocycles. The first-order chi connectivity index (χ1) is 12.1. The Morgan fingerprint density at radius 2 is 1.68 bits per heavy atom. The fourth-order valence-electron chi connectivity index (χ4n) is 2.84. The van der Waals surface area contributed by atoms with Crippen LogP contribution < -0.4 is 24.8 Å². The van der Waals surface area contributed by atoms with Gasteiger partial charge in [0, 0.05) is 31.9 Å². The Hall–Kier alpha value is -1.99. The summed E-state index contributed by atoms with van der Waals surface area (Å²) < 4.78 is 21.6. The predicted molar refractivity (Wildman–Crippen MR) is 94.5 cm³/mol. The second-order valence-electron chi connectivity index (χ2n) is 5.95. The van der Waals surface area contributed by atoms with Crippen LogP contribution in [0.5, 0.6) is 17.2 Å². The SMILES string of the molecule is COc1cc(OC)cc(OCCCNC(=O)C2(OC)CCNCC2)c1. The zero-order valence-electron chi connectivity index (χ0n) is 15.2. The van der Waals surface area contributed by atoms with Crippen molar-refractivity contribution in [2.45, 2.75) is 24.9 Å². The van der Waals surface area contributed by atoms with Gasteiger partial charge in [0.25, 0.3) is 5.91 Å². The van der Waals surface area contributed by atoms with E-state index in [1.807, 2.05) is 0 Å². The van der Waals surface area contributed by atoms with E-state index in [-0.39, 0.29) is 5.91 Å². The molecule has 1 fully saturated rings. The van der Waals surface area contributed by atoms with Crippen molar-refractivity contribution >= 4 is 5.91 Å². The summed E-state index contributed by atoms with van der Waals surface area (Å²) in [5, 5.41) is 6.20. The van der Waals surface area contributed by atoms with E-state index in [2.05, 4.69) is 10.6 Å². The van der Waals surface area contributed by atoms with Gasteiger partial charge in [-0.05, 0) is 32.4 Å². The number of hydrogen-bond acceptors (Lipinski definition) is 6. The predicted octanol–water partition coefficient (Wildman–Crippen LogP) is 1.36. The minimum atomic E-state index is -0.702. The third kappa shape index (κ3) is 5.24. The zero-order chi connectivity index (χ0) is 18.1. The first-order valence-corrected chi connectivity index (χ1v) is 8.53. The molecule has 140 valence electrons. The van der Waals surface area contributed by atoms with Gasteiger partial charge in [-0.1, -0.05) is 0 Å². The van der Waals surface area contributed by atoms with Crippen LogP contribution in [0.3, 0.4) is 0 Å². The van der Waals surface area contributed by atoms with Crippen LogP contribution in [0.15, 0.2) is 18.2 Å². The highest BCUT2D eigenvalue weighted by molar-refractivity contribution is 5.85. The van der Waals surface area contributed by atoms with Gasteiger partial charge in [-0.15, -0.1) is 0 Å². The lowest BCUT2D eigenvalue weighted by Crippen LogP contribution is -2.54. The minimum Gasteiger partial charge on any atom is -0.496 e. The highest BCUT2D eigenvalue weighted by Crippen LogP contribution is 2.27. The number of carbonyl (C=O) groups is 1. The van der Waals surface area contributed by atoms with E-state index in [4.69, 9.17) is 18.9 Å². The molecule has 0 aliphatic carbocycles. The molecule has 0 bridgehead atoms. The minimum absolute atomic E-state index is 0.0421. The summed E-state index contributed by atoms with van der Waals surface area (Å²) in [6.07, 6.45) is 2.08. The van der Waals surface area contributed by atoms with E-state index in [9.17, 15) is 4.79 Å². The quantitative estimate of drug-likeness (QED) is 0.654. The van der Waals surface area contributed by atoms with Crippen LogP contribution >= 0.6 is 0 Å². The molecule has 0 atom stereocenters. The summed E-state index contributed by atoms with van der Waals surface area (Å²) in [7, 11) is 4.80. The number of rotatable bonds is 9. The van der Waals surface area contributed by atoms with Gasteiger partial charge < -0.3 is 29.6 Å². The average molecular weight is 352 g/mol. The van der Waals surface area contributed by atoms with Crippen molar-refractivity contribution in [2.75, 3.05) is 47.6 Å². The average Bonchev–Trinajstić information content (AvgIpc) is 2.67. The largest absolute Gasteiger partial charge is 0.496 e. The Labute approximate surface area is 149 Å². The Morgan fingerprint density at radius 3 is 2.24 bits per heavy atom.